The number of ketones is 2. The Labute approximate surface area is 128 Å². The monoisotopic (exact) mass is 315 g/mol. The number of Topliss-reactive ketones (excluding diaryl/α,β-unsaturated/α-hetero) is 2. The van der Waals surface area contributed by atoms with Crippen molar-refractivity contribution in [2.24, 2.45) is 0 Å². The second-order valence-electron chi connectivity index (χ2n) is 4.72. The van der Waals surface area contributed by atoms with Gasteiger partial charge in [-0.3, -0.25) is 19.7 Å². The van der Waals surface area contributed by atoms with Gasteiger partial charge in [-0.25, -0.2) is 0 Å². The van der Waals surface area contributed by atoms with Gasteiger partial charge in [-0.05, 0) is 11.4 Å². The Hall–Kier alpha value is -2.64. The van der Waals surface area contributed by atoms with E-state index in [1.54, 1.807) is 17.5 Å². The Morgan fingerprint density at radius 1 is 1.23 bits per heavy atom. The number of nitrogens with zero attached hydrogens (tertiary/aromatic N) is 1. The van der Waals surface area contributed by atoms with E-state index >= 15 is 0 Å². The molecule has 0 saturated heterocycles. The molecule has 1 atom stereocenters. The van der Waals surface area contributed by atoms with E-state index in [2.05, 4.69) is 0 Å². The molecular weight excluding hydrogens is 306 g/mol. The van der Waals surface area contributed by atoms with Crippen LogP contribution in [0.25, 0.3) is 6.08 Å². The van der Waals surface area contributed by atoms with E-state index in [4.69, 9.17) is 0 Å². The SMILES string of the molecule is O=C1C(=O)C(O)(/C(=C\c2cccs2)[N+](=O)[O-])c2ccccc21. The molecule has 1 aliphatic carbocycles. The van der Waals surface area contributed by atoms with Gasteiger partial charge in [-0.2, -0.15) is 0 Å². The molecule has 0 radical (unpaired) electrons. The zero-order chi connectivity index (χ0) is 15.9. The summed E-state index contributed by atoms with van der Waals surface area (Å²) in [5.41, 5.74) is -3.34. The molecular formula is C15H9NO5S. The van der Waals surface area contributed by atoms with Crippen molar-refractivity contribution in [2.75, 3.05) is 0 Å². The molecule has 1 unspecified atom stereocenters. The summed E-state index contributed by atoms with van der Waals surface area (Å²) in [5.74, 6) is -2.12. The Balaban J connectivity index is 2.26. The van der Waals surface area contributed by atoms with E-state index in [0.29, 0.717) is 4.88 Å². The summed E-state index contributed by atoms with van der Waals surface area (Å²) >= 11 is 1.22. The summed E-state index contributed by atoms with van der Waals surface area (Å²) < 4.78 is 0. The smallest absolute Gasteiger partial charge is 0.291 e. The topological polar surface area (TPSA) is 97.5 Å². The zero-order valence-electron chi connectivity index (χ0n) is 11.1. The number of rotatable bonds is 3. The minimum atomic E-state index is -2.55. The molecule has 6 nitrogen and oxygen atoms in total. The lowest BCUT2D eigenvalue weighted by Crippen LogP contribution is -2.38. The molecule has 110 valence electrons. The lowest BCUT2D eigenvalue weighted by Gasteiger charge is -2.18. The van der Waals surface area contributed by atoms with Crippen LogP contribution >= 0.6 is 11.3 Å². The number of thiophene rings is 1. The molecule has 22 heavy (non-hydrogen) atoms. The van der Waals surface area contributed by atoms with Crippen LogP contribution < -0.4 is 0 Å². The lowest BCUT2D eigenvalue weighted by molar-refractivity contribution is -0.440. The molecule has 0 aliphatic heterocycles. The molecule has 3 rings (SSSR count). The highest BCUT2D eigenvalue weighted by atomic mass is 32.1. The summed E-state index contributed by atoms with van der Waals surface area (Å²) in [6.45, 7) is 0. The van der Waals surface area contributed by atoms with E-state index in [0.717, 1.165) is 6.08 Å². The van der Waals surface area contributed by atoms with Crippen molar-refractivity contribution in [1.82, 2.24) is 0 Å². The molecule has 0 amide bonds. The third-order valence-electron chi connectivity index (χ3n) is 3.49. The van der Waals surface area contributed by atoms with E-state index < -0.39 is 27.8 Å². The highest BCUT2D eigenvalue weighted by molar-refractivity contribution is 7.10. The number of nitro groups is 1. The first-order chi connectivity index (χ1) is 10.5. The van der Waals surface area contributed by atoms with Gasteiger partial charge in [-0.1, -0.05) is 30.3 Å². The van der Waals surface area contributed by atoms with Gasteiger partial charge >= 0.3 is 0 Å². The molecule has 1 aromatic carbocycles. The van der Waals surface area contributed by atoms with Crippen molar-refractivity contribution < 1.29 is 19.6 Å². The Bertz CT molecular complexity index is 824. The van der Waals surface area contributed by atoms with E-state index in [-0.39, 0.29) is 11.1 Å². The summed E-state index contributed by atoms with van der Waals surface area (Å²) in [5, 5.41) is 23.8. The van der Waals surface area contributed by atoms with Gasteiger partial charge < -0.3 is 5.11 Å². The number of hydrogen-bond donors (Lipinski definition) is 1. The van der Waals surface area contributed by atoms with Crippen LogP contribution in [-0.2, 0) is 10.4 Å². The number of aliphatic hydroxyl groups is 1. The summed E-state index contributed by atoms with van der Waals surface area (Å²) in [4.78, 5) is 35.3. The number of benzene rings is 1. The zero-order valence-corrected chi connectivity index (χ0v) is 11.9. The Morgan fingerprint density at radius 2 is 1.95 bits per heavy atom. The first kappa shape index (κ1) is 14.3. The highest BCUT2D eigenvalue weighted by Gasteiger charge is 2.58. The molecule has 7 heteroatoms. The predicted octanol–water partition coefficient (Wildman–Crippen LogP) is 2.02. The number of carbonyl (C=O) groups excluding carboxylic acids is 2. The molecule has 0 bridgehead atoms. The summed E-state index contributed by atoms with van der Waals surface area (Å²) in [6, 6.07) is 9.07. The maximum atomic E-state index is 12.2. The predicted molar refractivity (Wildman–Crippen MR) is 79.0 cm³/mol. The summed E-state index contributed by atoms with van der Waals surface area (Å²) in [6.07, 6.45) is 1.12. The van der Waals surface area contributed by atoms with Gasteiger partial charge in [0, 0.05) is 22.1 Å². The molecule has 1 aromatic heterocycles. The maximum absolute atomic E-state index is 12.2. The normalized spacial score (nSPS) is 21.0. The lowest BCUT2D eigenvalue weighted by atomic mass is 9.91. The second-order valence-corrected chi connectivity index (χ2v) is 5.70. The van der Waals surface area contributed by atoms with Gasteiger partial charge in [-0.15, -0.1) is 11.3 Å². The summed E-state index contributed by atoms with van der Waals surface area (Å²) in [7, 11) is 0. The van der Waals surface area contributed by atoms with E-state index in [9.17, 15) is 24.8 Å². The van der Waals surface area contributed by atoms with Crippen molar-refractivity contribution in [3.8, 4) is 0 Å². The van der Waals surface area contributed by atoms with Gasteiger partial charge in [0.1, 0.15) is 0 Å². The number of hydrogen-bond acceptors (Lipinski definition) is 6. The second kappa shape index (κ2) is 4.97. The largest absolute Gasteiger partial charge is 0.368 e. The average molecular weight is 315 g/mol. The molecule has 1 N–H and O–H groups in total. The number of fused-ring (bicyclic) bond motifs is 1. The molecule has 0 spiro atoms. The van der Waals surface area contributed by atoms with Gasteiger partial charge in [0.25, 0.3) is 11.5 Å². The van der Waals surface area contributed by atoms with Crippen LogP contribution in [0.4, 0.5) is 0 Å². The van der Waals surface area contributed by atoms with Gasteiger partial charge in [0.05, 0.1) is 4.92 Å². The van der Waals surface area contributed by atoms with Crippen molar-refractivity contribution in [2.45, 2.75) is 5.60 Å². The van der Waals surface area contributed by atoms with Gasteiger partial charge in [0.2, 0.25) is 11.4 Å². The number of carbonyl (C=O) groups is 2. The standard InChI is InChI=1S/C15H9NO5S/c17-13-10-5-1-2-6-11(10)15(19,14(13)18)12(16(20)21)8-9-4-3-7-22-9/h1-8,19H/b12-8+. The first-order valence-corrected chi connectivity index (χ1v) is 7.15. The van der Waals surface area contributed by atoms with Gasteiger partial charge in [0.15, 0.2) is 0 Å². The van der Waals surface area contributed by atoms with Crippen LogP contribution in [0.1, 0.15) is 20.8 Å². The first-order valence-electron chi connectivity index (χ1n) is 6.27. The van der Waals surface area contributed by atoms with Crippen LogP contribution in [0.15, 0.2) is 47.5 Å². The minimum Gasteiger partial charge on any atom is -0.368 e. The van der Waals surface area contributed by atoms with Crippen LogP contribution in [0.3, 0.4) is 0 Å². The molecule has 0 saturated carbocycles. The third-order valence-corrected chi connectivity index (χ3v) is 4.31. The Morgan fingerprint density at radius 3 is 2.59 bits per heavy atom. The van der Waals surface area contributed by atoms with E-state index in [1.165, 1.54) is 35.6 Å². The van der Waals surface area contributed by atoms with Crippen LogP contribution in [-0.4, -0.2) is 21.6 Å². The average Bonchev–Trinajstić information content (AvgIpc) is 3.08. The fourth-order valence-corrected chi connectivity index (χ4v) is 3.11. The minimum absolute atomic E-state index is 0.00562. The fourth-order valence-electron chi connectivity index (χ4n) is 2.46. The van der Waals surface area contributed by atoms with Crippen LogP contribution in [0, 0.1) is 10.1 Å². The van der Waals surface area contributed by atoms with Crippen molar-refractivity contribution in [3.63, 3.8) is 0 Å². The molecule has 2 aromatic rings. The third kappa shape index (κ3) is 1.91. The van der Waals surface area contributed by atoms with Crippen molar-refractivity contribution >= 4 is 29.0 Å². The molecule has 1 aliphatic rings. The van der Waals surface area contributed by atoms with Crippen molar-refractivity contribution in [1.29, 1.82) is 0 Å². The van der Waals surface area contributed by atoms with Crippen LogP contribution in [0.5, 0.6) is 0 Å². The quantitative estimate of drug-likeness (QED) is 0.531. The van der Waals surface area contributed by atoms with E-state index in [1.807, 2.05) is 0 Å². The maximum Gasteiger partial charge on any atom is 0.291 e. The highest BCUT2D eigenvalue weighted by Crippen LogP contribution is 2.40. The fraction of sp³-hybridized carbons (Fsp3) is 0.0667. The van der Waals surface area contributed by atoms with Crippen molar-refractivity contribution in [3.05, 3.63) is 73.6 Å². The molecule has 1 heterocycles. The van der Waals surface area contributed by atoms with Crippen LogP contribution in [0.2, 0.25) is 0 Å². The molecule has 0 fully saturated rings. The Kier molecular flexibility index (Phi) is 3.23.